The van der Waals surface area contributed by atoms with E-state index in [1.165, 1.54) is 5.56 Å². The summed E-state index contributed by atoms with van der Waals surface area (Å²) < 4.78 is 6.45. The molecule has 1 aromatic carbocycles. The molecule has 1 saturated heterocycles. The Morgan fingerprint density at radius 3 is 2.53 bits per heavy atom. The zero-order chi connectivity index (χ0) is 13.7. The smallest absolute Gasteiger partial charge is 0.127 e. The van der Waals surface area contributed by atoms with E-state index in [4.69, 9.17) is 4.74 Å². The minimum Gasteiger partial charge on any atom is -0.381 e. The van der Waals surface area contributed by atoms with Gasteiger partial charge in [0.05, 0.1) is 0 Å². The molecule has 0 bridgehead atoms. The van der Waals surface area contributed by atoms with Crippen molar-refractivity contribution in [1.82, 2.24) is 4.90 Å². The second kappa shape index (κ2) is 6.64. The molecule has 1 aliphatic heterocycles. The van der Waals surface area contributed by atoms with Crippen LogP contribution in [0.2, 0.25) is 0 Å². The van der Waals surface area contributed by atoms with Gasteiger partial charge in [0.2, 0.25) is 0 Å². The van der Waals surface area contributed by atoms with Gasteiger partial charge in [-0.05, 0) is 37.6 Å². The first-order valence-electron chi connectivity index (χ1n) is 6.61. The van der Waals surface area contributed by atoms with Crippen LogP contribution >= 0.6 is 15.9 Å². The van der Waals surface area contributed by atoms with Crippen molar-refractivity contribution in [1.29, 1.82) is 0 Å². The average Bonchev–Trinajstić information content (AvgIpc) is 2.42. The van der Waals surface area contributed by atoms with Crippen LogP contribution in [0.15, 0.2) is 28.7 Å². The van der Waals surface area contributed by atoms with Crippen LogP contribution in [0.25, 0.3) is 0 Å². The number of nitrogens with zero attached hydrogens (tertiary/aromatic N) is 1. The van der Waals surface area contributed by atoms with E-state index >= 15 is 0 Å². The number of benzene rings is 1. The predicted octanol–water partition coefficient (Wildman–Crippen LogP) is 2.88. The lowest BCUT2D eigenvalue weighted by atomic mass is 9.81. The fourth-order valence-corrected chi connectivity index (χ4v) is 2.85. The monoisotopic (exact) mass is 325 g/mol. The number of halogens is 1. The normalized spacial score (nSPS) is 18.5. The van der Waals surface area contributed by atoms with E-state index in [-0.39, 0.29) is 5.41 Å². The van der Waals surface area contributed by atoms with E-state index in [9.17, 15) is 4.79 Å². The first-order chi connectivity index (χ1) is 9.13. The van der Waals surface area contributed by atoms with Gasteiger partial charge in [-0.15, -0.1) is 0 Å². The van der Waals surface area contributed by atoms with Crippen LogP contribution in [-0.2, 0) is 16.1 Å². The lowest BCUT2D eigenvalue weighted by Gasteiger charge is -2.35. The van der Waals surface area contributed by atoms with E-state index in [0.29, 0.717) is 13.2 Å². The van der Waals surface area contributed by atoms with E-state index in [2.05, 4.69) is 40.0 Å². The minimum atomic E-state index is -0.220. The SMILES string of the molecule is CN(Cc1ccc(Br)cc1)CC1(C=O)CCOCC1. The third-order valence-electron chi connectivity index (χ3n) is 3.69. The number of carbonyl (C=O) groups is 1. The first kappa shape index (κ1) is 14.7. The Labute approximate surface area is 123 Å². The highest BCUT2D eigenvalue weighted by Gasteiger charge is 2.33. The molecule has 19 heavy (non-hydrogen) atoms. The number of hydrogen-bond donors (Lipinski definition) is 0. The van der Waals surface area contributed by atoms with E-state index in [1.807, 2.05) is 12.1 Å². The first-order valence-corrected chi connectivity index (χ1v) is 7.40. The van der Waals surface area contributed by atoms with Crippen LogP contribution in [0.3, 0.4) is 0 Å². The summed E-state index contributed by atoms with van der Waals surface area (Å²) in [7, 11) is 2.07. The van der Waals surface area contributed by atoms with Crippen molar-refractivity contribution < 1.29 is 9.53 Å². The van der Waals surface area contributed by atoms with E-state index in [0.717, 1.165) is 36.7 Å². The zero-order valence-corrected chi connectivity index (χ0v) is 12.9. The lowest BCUT2D eigenvalue weighted by molar-refractivity contribution is -0.122. The van der Waals surface area contributed by atoms with Crippen LogP contribution < -0.4 is 0 Å². The molecule has 4 heteroatoms. The largest absolute Gasteiger partial charge is 0.381 e. The van der Waals surface area contributed by atoms with Crippen molar-refractivity contribution in [3.8, 4) is 0 Å². The highest BCUT2D eigenvalue weighted by molar-refractivity contribution is 9.10. The Morgan fingerprint density at radius 2 is 1.95 bits per heavy atom. The molecule has 0 aromatic heterocycles. The number of hydrogen-bond acceptors (Lipinski definition) is 3. The van der Waals surface area contributed by atoms with Crippen LogP contribution in [0.1, 0.15) is 18.4 Å². The van der Waals surface area contributed by atoms with E-state index in [1.54, 1.807) is 0 Å². The molecule has 0 amide bonds. The second-order valence-electron chi connectivity index (χ2n) is 5.39. The summed E-state index contributed by atoms with van der Waals surface area (Å²) in [6.45, 7) is 3.06. The molecule has 3 nitrogen and oxygen atoms in total. The van der Waals surface area contributed by atoms with Crippen molar-refractivity contribution in [2.75, 3.05) is 26.8 Å². The average molecular weight is 326 g/mol. The number of carbonyl (C=O) groups excluding carboxylic acids is 1. The standard InChI is InChI=1S/C15H20BrNO2/c1-17(10-13-2-4-14(16)5-3-13)11-15(12-18)6-8-19-9-7-15/h2-5,12H,6-11H2,1H3. The van der Waals surface area contributed by atoms with Crippen LogP contribution in [0, 0.1) is 5.41 Å². The number of rotatable bonds is 5. The summed E-state index contributed by atoms with van der Waals surface area (Å²) in [5, 5.41) is 0. The molecule has 0 atom stereocenters. The Morgan fingerprint density at radius 1 is 1.32 bits per heavy atom. The predicted molar refractivity (Wildman–Crippen MR) is 79.0 cm³/mol. The van der Waals surface area contributed by atoms with Crippen molar-refractivity contribution in [2.24, 2.45) is 5.41 Å². The number of aldehydes is 1. The van der Waals surface area contributed by atoms with Gasteiger partial charge in [0.15, 0.2) is 0 Å². The summed E-state index contributed by atoms with van der Waals surface area (Å²) in [5.41, 5.74) is 1.04. The molecule has 2 rings (SSSR count). The molecule has 0 saturated carbocycles. The molecule has 1 aliphatic rings. The maximum atomic E-state index is 11.4. The van der Waals surface area contributed by atoms with Crippen LogP contribution in [0.5, 0.6) is 0 Å². The van der Waals surface area contributed by atoms with Crippen molar-refractivity contribution in [3.63, 3.8) is 0 Å². The van der Waals surface area contributed by atoms with Crippen LogP contribution in [-0.4, -0.2) is 38.0 Å². The van der Waals surface area contributed by atoms with Gasteiger partial charge >= 0.3 is 0 Å². The molecule has 0 spiro atoms. The summed E-state index contributed by atoms with van der Waals surface area (Å²) in [6, 6.07) is 8.32. The van der Waals surface area contributed by atoms with Gasteiger partial charge in [-0.1, -0.05) is 28.1 Å². The Balaban J connectivity index is 1.94. The number of ether oxygens (including phenoxy) is 1. The third-order valence-corrected chi connectivity index (χ3v) is 4.22. The Hall–Kier alpha value is -0.710. The maximum Gasteiger partial charge on any atom is 0.127 e. The molecule has 0 N–H and O–H groups in total. The quantitative estimate of drug-likeness (QED) is 0.779. The van der Waals surface area contributed by atoms with Gasteiger partial charge in [0.1, 0.15) is 6.29 Å². The second-order valence-corrected chi connectivity index (χ2v) is 6.31. The molecule has 1 fully saturated rings. The fourth-order valence-electron chi connectivity index (χ4n) is 2.59. The van der Waals surface area contributed by atoms with Gasteiger partial charge in [0, 0.05) is 36.2 Å². The molecule has 1 heterocycles. The van der Waals surface area contributed by atoms with Gasteiger partial charge < -0.3 is 14.4 Å². The lowest BCUT2D eigenvalue weighted by Crippen LogP contribution is -2.41. The zero-order valence-electron chi connectivity index (χ0n) is 11.3. The van der Waals surface area contributed by atoms with Crippen LogP contribution in [0.4, 0.5) is 0 Å². The molecule has 0 aliphatic carbocycles. The van der Waals surface area contributed by atoms with Gasteiger partial charge in [-0.25, -0.2) is 0 Å². The topological polar surface area (TPSA) is 29.5 Å². The Kier molecular flexibility index (Phi) is 5.13. The maximum absolute atomic E-state index is 11.4. The molecular formula is C15H20BrNO2. The fraction of sp³-hybridized carbons (Fsp3) is 0.533. The molecule has 0 radical (unpaired) electrons. The highest BCUT2D eigenvalue weighted by atomic mass is 79.9. The Bertz CT molecular complexity index is 413. The van der Waals surface area contributed by atoms with Gasteiger partial charge in [-0.3, -0.25) is 0 Å². The molecule has 1 aromatic rings. The summed E-state index contributed by atoms with van der Waals surface area (Å²) in [5.74, 6) is 0. The van der Waals surface area contributed by atoms with Crippen molar-refractivity contribution in [3.05, 3.63) is 34.3 Å². The molecule has 0 unspecified atom stereocenters. The van der Waals surface area contributed by atoms with Crippen molar-refractivity contribution in [2.45, 2.75) is 19.4 Å². The van der Waals surface area contributed by atoms with Gasteiger partial charge in [-0.2, -0.15) is 0 Å². The summed E-state index contributed by atoms with van der Waals surface area (Å²) >= 11 is 3.44. The molecular weight excluding hydrogens is 306 g/mol. The molecule has 104 valence electrons. The summed E-state index contributed by atoms with van der Waals surface area (Å²) in [6.07, 6.45) is 2.80. The van der Waals surface area contributed by atoms with E-state index < -0.39 is 0 Å². The highest BCUT2D eigenvalue weighted by Crippen LogP contribution is 2.29. The van der Waals surface area contributed by atoms with Gasteiger partial charge in [0.25, 0.3) is 0 Å². The minimum absolute atomic E-state index is 0.220. The van der Waals surface area contributed by atoms with Crippen molar-refractivity contribution >= 4 is 22.2 Å². The summed E-state index contributed by atoms with van der Waals surface area (Å²) in [4.78, 5) is 13.7. The third kappa shape index (κ3) is 4.13.